The van der Waals surface area contributed by atoms with Crippen molar-refractivity contribution in [2.24, 2.45) is 5.41 Å². The van der Waals surface area contributed by atoms with Gasteiger partial charge in [0, 0.05) is 25.6 Å². The van der Waals surface area contributed by atoms with E-state index >= 15 is 0 Å². The second kappa shape index (κ2) is 5.03. The molecule has 0 aliphatic carbocycles. The summed E-state index contributed by atoms with van der Waals surface area (Å²) in [5, 5.41) is 9.30. The Labute approximate surface area is 111 Å². The molecule has 1 aromatic rings. The zero-order chi connectivity index (χ0) is 14.0. The van der Waals surface area contributed by atoms with Crippen LogP contribution < -0.4 is 10.5 Å². The fraction of sp³-hybridized carbons (Fsp3) is 0.615. The minimum atomic E-state index is -0.794. The molecule has 0 spiro atoms. The number of aryl methyl sites for hydroxylation is 1. The van der Waals surface area contributed by atoms with Gasteiger partial charge in [0.2, 0.25) is 0 Å². The van der Waals surface area contributed by atoms with Crippen LogP contribution in [0.3, 0.4) is 0 Å². The predicted octanol–water partition coefficient (Wildman–Crippen LogP) is 1.02. The molecule has 0 radical (unpaired) electrons. The van der Waals surface area contributed by atoms with Gasteiger partial charge in [-0.05, 0) is 19.8 Å². The lowest BCUT2D eigenvalue weighted by Gasteiger charge is -2.38. The average molecular weight is 265 g/mol. The summed E-state index contributed by atoms with van der Waals surface area (Å²) in [6, 6.07) is 1.44. The maximum absolute atomic E-state index is 11.6. The van der Waals surface area contributed by atoms with Crippen LogP contribution in [0.25, 0.3) is 0 Å². The van der Waals surface area contributed by atoms with Crippen LogP contribution in [-0.2, 0) is 11.2 Å². The maximum Gasteiger partial charge on any atom is 0.311 e. The van der Waals surface area contributed by atoms with E-state index in [-0.39, 0.29) is 5.56 Å². The molecule has 1 aliphatic rings. The van der Waals surface area contributed by atoms with Gasteiger partial charge in [-0.2, -0.15) is 0 Å². The Morgan fingerprint density at radius 1 is 1.63 bits per heavy atom. The molecule has 104 valence electrons. The Morgan fingerprint density at radius 3 is 3.00 bits per heavy atom. The number of hydrogen-bond acceptors (Lipinski definition) is 4. The summed E-state index contributed by atoms with van der Waals surface area (Å²) in [7, 11) is 0. The van der Waals surface area contributed by atoms with Crippen molar-refractivity contribution in [1.82, 2.24) is 9.97 Å². The van der Waals surface area contributed by atoms with Crippen LogP contribution in [0.15, 0.2) is 10.9 Å². The predicted molar refractivity (Wildman–Crippen MR) is 71.4 cm³/mol. The molecule has 2 rings (SSSR count). The molecular weight excluding hydrogens is 246 g/mol. The third-order valence-electron chi connectivity index (χ3n) is 3.65. The molecule has 1 fully saturated rings. The van der Waals surface area contributed by atoms with Gasteiger partial charge in [0.25, 0.3) is 5.56 Å². The smallest absolute Gasteiger partial charge is 0.311 e. The quantitative estimate of drug-likeness (QED) is 0.852. The van der Waals surface area contributed by atoms with Gasteiger partial charge in [-0.15, -0.1) is 0 Å². The highest BCUT2D eigenvalue weighted by Crippen LogP contribution is 2.31. The van der Waals surface area contributed by atoms with E-state index in [4.69, 9.17) is 0 Å². The third kappa shape index (κ3) is 2.77. The molecule has 6 nitrogen and oxygen atoms in total. The summed E-state index contributed by atoms with van der Waals surface area (Å²) in [6.45, 7) is 4.79. The zero-order valence-electron chi connectivity index (χ0n) is 11.3. The second-order valence-electron chi connectivity index (χ2n) is 5.29. The molecule has 2 heterocycles. The lowest BCUT2D eigenvalue weighted by molar-refractivity contribution is -0.148. The van der Waals surface area contributed by atoms with Crippen molar-refractivity contribution in [1.29, 1.82) is 0 Å². The maximum atomic E-state index is 11.6. The van der Waals surface area contributed by atoms with E-state index < -0.39 is 11.4 Å². The summed E-state index contributed by atoms with van der Waals surface area (Å²) in [5.74, 6) is 0.413. The number of carboxylic acids is 1. The van der Waals surface area contributed by atoms with Crippen LogP contribution in [0.2, 0.25) is 0 Å². The molecule has 1 aromatic heterocycles. The molecule has 0 aromatic carbocycles. The first kappa shape index (κ1) is 13.6. The van der Waals surface area contributed by atoms with Gasteiger partial charge in [0.1, 0.15) is 11.6 Å². The van der Waals surface area contributed by atoms with E-state index in [0.29, 0.717) is 31.0 Å². The summed E-state index contributed by atoms with van der Waals surface area (Å²) in [6.07, 6.45) is 2.09. The van der Waals surface area contributed by atoms with E-state index in [1.165, 1.54) is 6.07 Å². The van der Waals surface area contributed by atoms with Crippen LogP contribution in [0.5, 0.6) is 0 Å². The Kier molecular flexibility index (Phi) is 3.59. The number of carboxylic acid groups (broad SMARTS) is 1. The van der Waals surface area contributed by atoms with Crippen molar-refractivity contribution in [3.8, 4) is 0 Å². The van der Waals surface area contributed by atoms with Crippen molar-refractivity contribution >= 4 is 11.8 Å². The SMILES string of the molecule is CCc1nc(N2CCCC(C)(C(=O)O)C2)cc(=O)[nH]1. The summed E-state index contributed by atoms with van der Waals surface area (Å²) in [4.78, 5) is 31.8. The molecule has 0 bridgehead atoms. The Balaban J connectivity index is 2.29. The van der Waals surface area contributed by atoms with Crippen molar-refractivity contribution < 1.29 is 9.90 Å². The number of rotatable bonds is 3. The van der Waals surface area contributed by atoms with E-state index in [1.807, 2.05) is 11.8 Å². The second-order valence-corrected chi connectivity index (χ2v) is 5.29. The molecule has 19 heavy (non-hydrogen) atoms. The molecular formula is C13H19N3O3. The first-order valence-corrected chi connectivity index (χ1v) is 6.53. The fourth-order valence-electron chi connectivity index (χ4n) is 2.43. The van der Waals surface area contributed by atoms with Gasteiger partial charge >= 0.3 is 5.97 Å². The Morgan fingerprint density at radius 2 is 2.37 bits per heavy atom. The van der Waals surface area contributed by atoms with Crippen LogP contribution in [0.1, 0.15) is 32.5 Å². The summed E-state index contributed by atoms with van der Waals surface area (Å²) < 4.78 is 0. The Bertz CT molecular complexity index is 540. The monoisotopic (exact) mass is 265 g/mol. The van der Waals surface area contributed by atoms with Crippen molar-refractivity contribution in [2.75, 3.05) is 18.0 Å². The van der Waals surface area contributed by atoms with Gasteiger partial charge in [-0.25, -0.2) is 4.98 Å². The van der Waals surface area contributed by atoms with Gasteiger partial charge in [0.05, 0.1) is 5.41 Å². The molecule has 2 N–H and O–H groups in total. The lowest BCUT2D eigenvalue weighted by Crippen LogP contribution is -2.46. The average Bonchev–Trinajstić information content (AvgIpc) is 2.38. The minimum Gasteiger partial charge on any atom is -0.481 e. The number of H-pyrrole nitrogens is 1. The number of nitrogens with zero attached hydrogens (tertiary/aromatic N) is 2. The summed E-state index contributed by atoms with van der Waals surface area (Å²) in [5.41, 5.74) is -0.959. The van der Waals surface area contributed by atoms with E-state index in [1.54, 1.807) is 6.92 Å². The van der Waals surface area contributed by atoms with E-state index in [9.17, 15) is 14.7 Å². The number of hydrogen-bond donors (Lipinski definition) is 2. The standard InChI is InChI=1S/C13H19N3O3/c1-3-9-14-10(7-11(17)15-9)16-6-4-5-13(2,8-16)12(18)19/h7H,3-6,8H2,1-2H3,(H,18,19)(H,14,15,17). The van der Waals surface area contributed by atoms with Crippen molar-refractivity contribution in [2.45, 2.75) is 33.1 Å². The fourth-order valence-corrected chi connectivity index (χ4v) is 2.43. The van der Waals surface area contributed by atoms with Crippen molar-refractivity contribution in [3.05, 3.63) is 22.2 Å². The topological polar surface area (TPSA) is 86.3 Å². The van der Waals surface area contributed by atoms with Crippen LogP contribution >= 0.6 is 0 Å². The highest BCUT2D eigenvalue weighted by molar-refractivity contribution is 5.75. The minimum absolute atomic E-state index is 0.190. The normalized spacial score (nSPS) is 23.4. The number of aromatic amines is 1. The highest BCUT2D eigenvalue weighted by Gasteiger charge is 2.38. The van der Waals surface area contributed by atoms with Gasteiger partial charge in [-0.3, -0.25) is 9.59 Å². The van der Waals surface area contributed by atoms with Gasteiger partial charge < -0.3 is 15.0 Å². The number of anilines is 1. The zero-order valence-corrected chi connectivity index (χ0v) is 11.3. The number of aromatic nitrogens is 2. The van der Waals surface area contributed by atoms with Gasteiger partial charge in [0.15, 0.2) is 0 Å². The molecule has 1 aliphatic heterocycles. The number of piperidine rings is 1. The first-order valence-electron chi connectivity index (χ1n) is 6.53. The molecule has 0 amide bonds. The van der Waals surface area contributed by atoms with Crippen LogP contribution in [0, 0.1) is 5.41 Å². The molecule has 1 unspecified atom stereocenters. The van der Waals surface area contributed by atoms with Crippen LogP contribution in [0.4, 0.5) is 5.82 Å². The molecule has 1 atom stereocenters. The van der Waals surface area contributed by atoms with E-state index in [0.717, 1.165) is 13.0 Å². The molecule has 1 saturated heterocycles. The lowest BCUT2D eigenvalue weighted by atomic mass is 9.82. The number of aliphatic carboxylic acids is 1. The number of carbonyl (C=O) groups is 1. The first-order chi connectivity index (χ1) is 8.94. The third-order valence-corrected chi connectivity index (χ3v) is 3.65. The summed E-state index contributed by atoms with van der Waals surface area (Å²) >= 11 is 0. The van der Waals surface area contributed by atoms with Crippen molar-refractivity contribution in [3.63, 3.8) is 0 Å². The highest BCUT2D eigenvalue weighted by atomic mass is 16.4. The van der Waals surface area contributed by atoms with Crippen LogP contribution in [-0.4, -0.2) is 34.1 Å². The largest absolute Gasteiger partial charge is 0.481 e. The van der Waals surface area contributed by atoms with Gasteiger partial charge in [-0.1, -0.05) is 6.92 Å². The molecule has 0 saturated carbocycles. The Hall–Kier alpha value is -1.85. The van der Waals surface area contributed by atoms with E-state index in [2.05, 4.69) is 9.97 Å². The molecule has 6 heteroatoms. The number of nitrogens with one attached hydrogen (secondary N) is 1.